The molecule has 0 bridgehead atoms. The third-order valence-corrected chi connectivity index (χ3v) is 2.34. The Balaban J connectivity index is 3.26. The SMILES string of the molecule is CC(C)(CF)Oc1cc(Br)cc(F)c1[N+](=O)[O-]. The zero-order valence-electron chi connectivity index (χ0n) is 9.17. The van der Waals surface area contributed by atoms with Gasteiger partial charge in [-0.3, -0.25) is 10.1 Å². The van der Waals surface area contributed by atoms with Crippen LogP contribution in [0, 0.1) is 15.9 Å². The summed E-state index contributed by atoms with van der Waals surface area (Å²) in [5.41, 5.74) is -2.05. The highest BCUT2D eigenvalue weighted by atomic mass is 79.9. The molecule has 0 spiro atoms. The van der Waals surface area contributed by atoms with Gasteiger partial charge in [-0.25, -0.2) is 4.39 Å². The molecule has 94 valence electrons. The van der Waals surface area contributed by atoms with E-state index in [0.29, 0.717) is 0 Å². The number of nitrogens with zero attached hydrogens (tertiary/aromatic N) is 1. The first-order chi connectivity index (χ1) is 7.76. The largest absolute Gasteiger partial charge is 0.478 e. The zero-order valence-corrected chi connectivity index (χ0v) is 10.8. The predicted molar refractivity (Wildman–Crippen MR) is 61.4 cm³/mol. The second kappa shape index (κ2) is 4.95. The summed E-state index contributed by atoms with van der Waals surface area (Å²) in [5, 5.41) is 10.7. The van der Waals surface area contributed by atoms with E-state index in [1.165, 1.54) is 19.9 Å². The molecule has 0 atom stereocenters. The van der Waals surface area contributed by atoms with Gasteiger partial charge < -0.3 is 4.74 Å². The van der Waals surface area contributed by atoms with Crippen molar-refractivity contribution in [2.45, 2.75) is 19.4 Å². The van der Waals surface area contributed by atoms with Crippen LogP contribution in [0.1, 0.15) is 13.8 Å². The molecule has 0 N–H and O–H groups in total. The molecule has 0 aliphatic carbocycles. The van der Waals surface area contributed by atoms with Crippen LogP contribution in [-0.2, 0) is 0 Å². The molecular weight excluding hydrogens is 300 g/mol. The summed E-state index contributed by atoms with van der Waals surface area (Å²) in [6.45, 7) is 1.98. The Hall–Kier alpha value is -1.24. The maximum Gasteiger partial charge on any atom is 0.346 e. The van der Waals surface area contributed by atoms with Crippen LogP contribution in [0.15, 0.2) is 16.6 Å². The van der Waals surface area contributed by atoms with Crippen LogP contribution < -0.4 is 4.74 Å². The second-order valence-electron chi connectivity index (χ2n) is 3.99. The number of rotatable bonds is 4. The second-order valence-corrected chi connectivity index (χ2v) is 4.90. The van der Waals surface area contributed by atoms with Crippen LogP contribution in [0.5, 0.6) is 5.75 Å². The minimum absolute atomic E-state index is 0.283. The Morgan fingerprint density at radius 2 is 2.12 bits per heavy atom. The number of benzene rings is 1. The number of ether oxygens (including phenoxy) is 1. The number of nitro groups is 1. The molecule has 0 saturated heterocycles. The molecule has 1 rings (SSSR count). The smallest absolute Gasteiger partial charge is 0.346 e. The lowest BCUT2D eigenvalue weighted by Gasteiger charge is -2.22. The molecule has 0 saturated carbocycles. The minimum Gasteiger partial charge on any atom is -0.478 e. The van der Waals surface area contributed by atoms with Crippen LogP contribution in [0.2, 0.25) is 0 Å². The summed E-state index contributed by atoms with van der Waals surface area (Å²) in [6, 6.07) is 2.19. The van der Waals surface area contributed by atoms with Crippen LogP contribution in [-0.4, -0.2) is 17.2 Å². The Morgan fingerprint density at radius 1 is 1.53 bits per heavy atom. The first-order valence-corrected chi connectivity index (χ1v) is 5.44. The van der Waals surface area contributed by atoms with E-state index in [1.807, 2.05) is 0 Å². The van der Waals surface area contributed by atoms with Gasteiger partial charge in [0.2, 0.25) is 11.6 Å². The fraction of sp³-hybridized carbons (Fsp3) is 0.400. The summed E-state index contributed by atoms with van der Waals surface area (Å²) in [6.07, 6.45) is 0. The predicted octanol–water partition coefficient (Wildman–Crippen LogP) is 3.62. The average Bonchev–Trinajstić information content (AvgIpc) is 2.14. The van der Waals surface area contributed by atoms with E-state index in [4.69, 9.17) is 4.74 Å². The van der Waals surface area contributed by atoms with Crippen molar-refractivity contribution in [3.63, 3.8) is 0 Å². The van der Waals surface area contributed by atoms with Gasteiger partial charge in [-0.15, -0.1) is 0 Å². The topological polar surface area (TPSA) is 52.4 Å². The summed E-state index contributed by atoms with van der Waals surface area (Å²) >= 11 is 2.99. The molecule has 0 aromatic heterocycles. The summed E-state index contributed by atoms with van der Waals surface area (Å²) in [5.74, 6) is -1.33. The highest BCUT2D eigenvalue weighted by Crippen LogP contribution is 2.35. The number of hydrogen-bond acceptors (Lipinski definition) is 3. The molecule has 7 heteroatoms. The Morgan fingerprint density at radius 3 is 2.59 bits per heavy atom. The standard InChI is InChI=1S/C10H10BrF2NO3/c1-10(2,5-12)17-8-4-6(11)3-7(13)9(8)14(15)16/h3-4H,5H2,1-2H3. The van der Waals surface area contributed by atoms with E-state index in [1.54, 1.807) is 0 Å². The molecule has 0 unspecified atom stereocenters. The summed E-state index contributed by atoms with van der Waals surface area (Å²) < 4.78 is 31.4. The van der Waals surface area contributed by atoms with Crippen LogP contribution in [0.25, 0.3) is 0 Å². The van der Waals surface area contributed by atoms with E-state index in [0.717, 1.165) is 6.07 Å². The molecular formula is C10H10BrF2NO3. The van der Waals surface area contributed by atoms with Gasteiger partial charge in [-0.05, 0) is 19.9 Å². The van der Waals surface area contributed by atoms with Crippen LogP contribution in [0.4, 0.5) is 14.5 Å². The maximum absolute atomic E-state index is 13.4. The fourth-order valence-electron chi connectivity index (χ4n) is 1.12. The number of alkyl halides is 1. The van der Waals surface area contributed by atoms with Gasteiger partial charge in [0.05, 0.1) is 4.92 Å². The first kappa shape index (κ1) is 13.8. The van der Waals surface area contributed by atoms with Crippen molar-refractivity contribution in [3.8, 4) is 5.75 Å². The van der Waals surface area contributed by atoms with Gasteiger partial charge in [0.15, 0.2) is 0 Å². The van der Waals surface area contributed by atoms with Crippen LogP contribution in [0.3, 0.4) is 0 Å². The van der Waals surface area contributed by atoms with E-state index < -0.39 is 28.7 Å². The van der Waals surface area contributed by atoms with Crippen molar-refractivity contribution in [2.75, 3.05) is 6.67 Å². The molecule has 0 radical (unpaired) electrons. The van der Waals surface area contributed by atoms with Crippen molar-refractivity contribution in [2.24, 2.45) is 0 Å². The van der Waals surface area contributed by atoms with E-state index >= 15 is 0 Å². The number of hydrogen-bond donors (Lipinski definition) is 0. The molecule has 1 aromatic rings. The Kier molecular flexibility index (Phi) is 4.03. The van der Waals surface area contributed by atoms with Gasteiger partial charge in [0.25, 0.3) is 0 Å². The van der Waals surface area contributed by atoms with Crippen LogP contribution >= 0.6 is 15.9 Å². The Labute approximate surface area is 105 Å². The third kappa shape index (κ3) is 3.36. The number of halogens is 3. The van der Waals surface area contributed by atoms with Crippen molar-refractivity contribution < 1.29 is 18.4 Å². The maximum atomic E-state index is 13.4. The van der Waals surface area contributed by atoms with Crippen molar-refractivity contribution in [3.05, 3.63) is 32.5 Å². The van der Waals surface area contributed by atoms with Gasteiger partial charge in [-0.1, -0.05) is 15.9 Å². The van der Waals surface area contributed by atoms with Gasteiger partial charge >= 0.3 is 5.69 Å². The van der Waals surface area contributed by atoms with Crippen molar-refractivity contribution >= 4 is 21.6 Å². The van der Waals surface area contributed by atoms with Gasteiger partial charge in [0.1, 0.15) is 12.3 Å². The lowest BCUT2D eigenvalue weighted by Crippen LogP contribution is -2.31. The molecule has 0 aliphatic heterocycles. The first-order valence-electron chi connectivity index (χ1n) is 4.65. The van der Waals surface area contributed by atoms with Crippen molar-refractivity contribution in [1.29, 1.82) is 0 Å². The van der Waals surface area contributed by atoms with Gasteiger partial charge in [-0.2, -0.15) is 4.39 Å². The molecule has 0 aliphatic rings. The minimum atomic E-state index is -1.25. The van der Waals surface area contributed by atoms with E-state index in [2.05, 4.69) is 15.9 Å². The molecule has 0 amide bonds. The van der Waals surface area contributed by atoms with E-state index in [-0.39, 0.29) is 10.2 Å². The lowest BCUT2D eigenvalue weighted by atomic mass is 10.1. The normalized spacial score (nSPS) is 11.4. The quantitative estimate of drug-likeness (QED) is 0.630. The highest BCUT2D eigenvalue weighted by molar-refractivity contribution is 9.10. The molecule has 4 nitrogen and oxygen atoms in total. The Bertz CT molecular complexity index is 451. The number of nitro benzene ring substituents is 1. The highest BCUT2D eigenvalue weighted by Gasteiger charge is 2.28. The third-order valence-electron chi connectivity index (χ3n) is 1.88. The van der Waals surface area contributed by atoms with Gasteiger partial charge in [0, 0.05) is 10.5 Å². The molecule has 0 heterocycles. The zero-order chi connectivity index (χ0) is 13.2. The summed E-state index contributed by atoms with van der Waals surface area (Å²) in [4.78, 5) is 9.81. The average molecular weight is 310 g/mol. The molecule has 17 heavy (non-hydrogen) atoms. The monoisotopic (exact) mass is 309 g/mol. The lowest BCUT2D eigenvalue weighted by molar-refractivity contribution is -0.389. The van der Waals surface area contributed by atoms with Crippen molar-refractivity contribution in [1.82, 2.24) is 0 Å². The molecule has 0 fully saturated rings. The fourth-order valence-corrected chi connectivity index (χ4v) is 1.53. The molecule has 1 aromatic carbocycles. The van der Waals surface area contributed by atoms with E-state index in [9.17, 15) is 18.9 Å². The summed E-state index contributed by atoms with van der Waals surface area (Å²) in [7, 11) is 0.